The molecule has 1 aliphatic heterocycles. The number of hydrogen-bond acceptors (Lipinski definition) is 8. The predicted octanol–water partition coefficient (Wildman–Crippen LogP) is -0.499. The summed E-state index contributed by atoms with van der Waals surface area (Å²) in [5.41, 5.74) is 11.5. The SMILES string of the molecule is N=C(N)c1ccc(C(=O)NCC(=O)N2CCN(CC(=O)OC(=O)C(F)(F)F)C(=O)C2CCCCN)cc1. The van der Waals surface area contributed by atoms with E-state index >= 15 is 0 Å². The normalized spacial score (nSPS) is 15.8. The molecule has 1 aromatic rings. The van der Waals surface area contributed by atoms with Crippen molar-refractivity contribution < 1.29 is 41.9 Å². The van der Waals surface area contributed by atoms with Gasteiger partial charge in [0, 0.05) is 24.2 Å². The van der Waals surface area contributed by atoms with E-state index in [4.69, 9.17) is 16.9 Å². The van der Waals surface area contributed by atoms with E-state index in [1.54, 1.807) is 0 Å². The number of carbonyl (C=O) groups excluding carboxylic acids is 5. The summed E-state index contributed by atoms with van der Waals surface area (Å²) in [7, 11) is 0. The molecule has 3 amide bonds. The first-order chi connectivity index (χ1) is 17.3. The van der Waals surface area contributed by atoms with Crippen molar-refractivity contribution in [1.82, 2.24) is 15.1 Å². The number of amides is 3. The first-order valence-corrected chi connectivity index (χ1v) is 11.2. The Bertz CT molecular complexity index is 1050. The maximum Gasteiger partial charge on any atom is 0.491 e. The van der Waals surface area contributed by atoms with Crippen molar-refractivity contribution >= 4 is 35.5 Å². The van der Waals surface area contributed by atoms with Crippen LogP contribution >= 0.6 is 0 Å². The summed E-state index contributed by atoms with van der Waals surface area (Å²) in [6.45, 7) is -1.29. The largest absolute Gasteiger partial charge is 0.491 e. The fourth-order valence-corrected chi connectivity index (χ4v) is 3.57. The molecule has 1 aliphatic rings. The number of nitrogens with one attached hydrogen (secondary N) is 2. The van der Waals surface area contributed by atoms with Gasteiger partial charge in [-0.2, -0.15) is 13.2 Å². The standard InChI is InChI=1S/C22H27F3N6O6/c23-22(24,25)21(36)37-17(33)12-30-9-10-31(15(20(30)35)3-1-2-8-26)16(32)11-29-19(34)14-6-4-13(5-7-14)18(27)28/h4-7,15H,1-3,8-12,26H2,(H3,27,28)(H,29,34). The van der Waals surface area contributed by atoms with Crippen molar-refractivity contribution in [2.45, 2.75) is 31.5 Å². The van der Waals surface area contributed by atoms with Crippen LogP contribution in [0.15, 0.2) is 24.3 Å². The molecule has 0 radical (unpaired) electrons. The van der Waals surface area contributed by atoms with Crippen molar-refractivity contribution in [2.24, 2.45) is 11.5 Å². The van der Waals surface area contributed by atoms with Gasteiger partial charge in [-0.15, -0.1) is 0 Å². The van der Waals surface area contributed by atoms with E-state index in [2.05, 4.69) is 10.1 Å². The minimum Gasteiger partial charge on any atom is -0.385 e. The number of rotatable bonds is 10. The van der Waals surface area contributed by atoms with Crippen molar-refractivity contribution in [3.63, 3.8) is 0 Å². The van der Waals surface area contributed by atoms with Crippen LogP contribution in [0.1, 0.15) is 35.2 Å². The van der Waals surface area contributed by atoms with Gasteiger partial charge in [0.1, 0.15) is 18.4 Å². The number of halogens is 3. The van der Waals surface area contributed by atoms with Crippen LogP contribution in [0.5, 0.6) is 0 Å². The topological polar surface area (TPSA) is 189 Å². The van der Waals surface area contributed by atoms with Gasteiger partial charge in [-0.1, -0.05) is 12.1 Å². The number of nitrogens with zero attached hydrogens (tertiary/aromatic N) is 2. The van der Waals surface area contributed by atoms with E-state index in [9.17, 15) is 37.1 Å². The zero-order valence-corrected chi connectivity index (χ0v) is 19.7. The molecule has 37 heavy (non-hydrogen) atoms. The van der Waals surface area contributed by atoms with E-state index in [0.29, 0.717) is 24.9 Å². The summed E-state index contributed by atoms with van der Waals surface area (Å²) in [6.07, 6.45) is -4.23. The summed E-state index contributed by atoms with van der Waals surface area (Å²) in [5, 5.41) is 9.82. The smallest absolute Gasteiger partial charge is 0.385 e. The first kappa shape index (κ1) is 29.2. The second-order valence-electron chi connectivity index (χ2n) is 8.08. The zero-order valence-electron chi connectivity index (χ0n) is 19.7. The van der Waals surface area contributed by atoms with Gasteiger partial charge in [0.05, 0.1) is 6.54 Å². The van der Waals surface area contributed by atoms with E-state index in [1.165, 1.54) is 29.2 Å². The average molecular weight is 528 g/mol. The highest BCUT2D eigenvalue weighted by Crippen LogP contribution is 2.19. The van der Waals surface area contributed by atoms with E-state index < -0.39 is 55.0 Å². The quantitative estimate of drug-likeness (QED) is 0.103. The van der Waals surface area contributed by atoms with E-state index in [1.807, 2.05) is 0 Å². The molecule has 1 aromatic carbocycles. The Labute approximate surface area is 209 Å². The molecular formula is C22H27F3N6O6. The Kier molecular flexibility index (Phi) is 10.1. The van der Waals surface area contributed by atoms with Crippen LogP contribution < -0.4 is 16.8 Å². The van der Waals surface area contributed by atoms with Gasteiger partial charge < -0.3 is 31.3 Å². The number of amidine groups is 1. The molecule has 2 rings (SSSR count). The lowest BCUT2D eigenvalue weighted by Gasteiger charge is -2.40. The number of ether oxygens (including phenoxy) is 1. The number of benzene rings is 1. The maximum atomic E-state index is 13.0. The summed E-state index contributed by atoms with van der Waals surface area (Å²) in [4.78, 5) is 63.0. The summed E-state index contributed by atoms with van der Waals surface area (Å²) in [5.74, 6) is -6.30. The number of nitrogens with two attached hydrogens (primary N) is 2. The molecule has 0 aliphatic carbocycles. The monoisotopic (exact) mass is 528 g/mol. The van der Waals surface area contributed by atoms with Crippen molar-refractivity contribution in [3.05, 3.63) is 35.4 Å². The van der Waals surface area contributed by atoms with Gasteiger partial charge >= 0.3 is 18.1 Å². The molecule has 1 saturated heterocycles. The van der Waals surface area contributed by atoms with Gasteiger partial charge in [-0.05, 0) is 37.9 Å². The highest BCUT2D eigenvalue weighted by molar-refractivity contribution is 6.00. The molecule has 0 bridgehead atoms. The second kappa shape index (κ2) is 12.8. The minimum absolute atomic E-state index is 0.0679. The lowest BCUT2D eigenvalue weighted by molar-refractivity contribution is -0.202. The second-order valence-corrected chi connectivity index (χ2v) is 8.08. The molecule has 15 heteroatoms. The van der Waals surface area contributed by atoms with Gasteiger partial charge in [-0.3, -0.25) is 19.8 Å². The van der Waals surface area contributed by atoms with Gasteiger partial charge in [0.25, 0.3) is 5.91 Å². The number of piperazine rings is 1. The third kappa shape index (κ3) is 8.27. The Morgan fingerprint density at radius 2 is 1.70 bits per heavy atom. The van der Waals surface area contributed by atoms with E-state index in [-0.39, 0.29) is 30.9 Å². The lowest BCUT2D eigenvalue weighted by atomic mass is 10.0. The van der Waals surface area contributed by atoms with Crippen molar-refractivity contribution in [3.8, 4) is 0 Å². The minimum atomic E-state index is -5.37. The summed E-state index contributed by atoms with van der Waals surface area (Å²) < 4.78 is 40.7. The number of esters is 2. The van der Waals surface area contributed by atoms with Crippen LogP contribution in [0.3, 0.4) is 0 Å². The number of nitrogen functional groups attached to an aromatic ring is 1. The van der Waals surface area contributed by atoms with Crippen LogP contribution in [0, 0.1) is 5.41 Å². The van der Waals surface area contributed by atoms with Gasteiger partial charge in [-0.25, -0.2) is 9.59 Å². The Hall–Kier alpha value is -4.01. The molecule has 12 nitrogen and oxygen atoms in total. The molecule has 1 fully saturated rings. The Morgan fingerprint density at radius 3 is 2.27 bits per heavy atom. The van der Waals surface area contributed by atoms with Gasteiger partial charge in [0.2, 0.25) is 11.8 Å². The zero-order chi connectivity index (χ0) is 27.8. The molecular weight excluding hydrogens is 501 g/mol. The van der Waals surface area contributed by atoms with Crippen LogP contribution in [-0.4, -0.2) is 90.2 Å². The van der Waals surface area contributed by atoms with Crippen LogP contribution in [0.4, 0.5) is 13.2 Å². The summed E-state index contributed by atoms with van der Waals surface area (Å²) in [6, 6.07) is 4.74. The predicted molar refractivity (Wildman–Crippen MR) is 122 cm³/mol. The van der Waals surface area contributed by atoms with Crippen LogP contribution in [0.25, 0.3) is 0 Å². The third-order valence-corrected chi connectivity index (χ3v) is 5.45. The molecule has 1 heterocycles. The molecule has 0 saturated carbocycles. The number of hydrogen-bond donors (Lipinski definition) is 4. The number of alkyl halides is 3. The number of unbranched alkanes of at least 4 members (excludes halogenated alkanes) is 1. The molecule has 0 spiro atoms. The van der Waals surface area contributed by atoms with Crippen molar-refractivity contribution in [2.75, 3.05) is 32.7 Å². The third-order valence-electron chi connectivity index (χ3n) is 5.45. The highest BCUT2D eigenvalue weighted by Gasteiger charge is 2.43. The molecule has 0 aromatic heterocycles. The number of carbonyl (C=O) groups is 5. The molecule has 6 N–H and O–H groups in total. The Morgan fingerprint density at radius 1 is 1.08 bits per heavy atom. The van der Waals surface area contributed by atoms with E-state index in [0.717, 1.165) is 4.90 Å². The fraction of sp³-hybridized carbons (Fsp3) is 0.455. The summed E-state index contributed by atoms with van der Waals surface area (Å²) >= 11 is 0. The Balaban J connectivity index is 2.03. The maximum absolute atomic E-state index is 13.0. The van der Waals surface area contributed by atoms with Crippen molar-refractivity contribution in [1.29, 1.82) is 5.41 Å². The lowest BCUT2D eigenvalue weighted by Crippen LogP contribution is -2.61. The van der Waals surface area contributed by atoms with Crippen LogP contribution in [0.2, 0.25) is 0 Å². The first-order valence-electron chi connectivity index (χ1n) is 11.2. The molecule has 1 atom stereocenters. The fourth-order valence-electron chi connectivity index (χ4n) is 3.57. The average Bonchev–Trinajstić information content (AvgIpc) is 2.84. The van der Waals surface area contributed by atoms with Gasteiger partial charge in [0.15, 0.2) is 0 Å². The van der Waals surface area contributed by atoms with Crippen LogP contribution in [-0.2, 0) is 23.9 Å². The highest BCUT2D eigenvalue weighted by atomic mass is 19.4. The molecule has 1 unspecified atom stereocenters. The molecule has 202 valence electrons.